The van der Waals surface area contributed by atoms with Gasteiger partial charge < -0.3 is 15.0 Å². The zero-order chi connectivity index (χ0) is 32.2. The highest BCUT2D eigenvalue weighted by molar-refractivity contribution is 7.90. The summed E-state index contributed by atoms with van der Waals surface area (Å²) in [5, 5.41) is 6.72. The Morgan fingerprint density at radius 1 is 1.02 bits per heavy atom. The number of halogens is 4. The van der Waals surface area contributed by atoms with Crippen molar-refractivity contribution >= 4 is 49.4 Å². The zero-order valence-electron chi connectivity index (χ0n) is 23.5. The first-order chi connectivity index (χ1) is 22.0. The molecule has 0 spiro atoms. The van der Waals surface area contributed by atoms with E-state index in [0.29, 0.717) is 45.2 Å². The van der Waals surface area contributed by atoms with Crippen LogP contribution in [0, 0.1) is 5.82 Å². The Labute approximate surface area is 258 Å². The third-order valence-electron chi connectivity index (χ3n) is 7.58. The summed E-state index contributed by atoms with van der Waals surface area (Å²) in [5.41, 5.74) is 2.37. The number of carbonyl (C=O) groups excluding carboxylic acids is 1. The first kappa shape index (κ1) is 29.4. The van der Waals surface area contributed by atoms with E-state index in [0.717, 1.165) is 10.2 Å². The van der Waals surface area contributed by atoms with Crippen LogP contribution in [0.5, 0.6) is 0 Å². The van der Waals surface area contributed by atoms with Crippen molar-refractivity contribution in [3.8, 4) is 11.3 Å². The number of benzene rings is 3. The molecular formula is C31H22F4N6O4S. The van der Waals surface area contributed by atoms with Gasteiger partial charge in [0, 0.05) is 58.0 Å². The summed E-state index contributed by atoms with van der Waals surface area (Å²) >= 11 is 0. The van der Waals surface area contributed by atoms with Crippen molar-refractivity contribution in [2.75, 3.05) is 11.9 Å². The molecule has 1 aliphatic heterocycles. The van der Waals surface area contributed by atoms with Crippen LogP contribution >= 0.6 is 0 Å². The summed E-state index contributed by atoms with van der Waals surface area (Å²) in [7, 11) is -4.03. The average molecular weight is 651 g/mol. The lowest BCUT2D eigenvalue weighted by Gasteiger charge is -2.25. The van der Waals surface area contributed by atoms with Gasteiger partial charge in [0.15, 0.2) is 12.0 Å². The Morgan fingerprint density at radius 2 is 1.78 bits per heavy atom. The maximum Gasteiger partial charge on any atom is 0.490 e. The molecule has 0 radical (unpaired) electrons. The van der Waals surface area contributed by atoms with Gasteiger partial charge in [0.05, 0.1) is 16.6 Å². The van der Waals surface area contributed by atoms with Gasteiger partial charge in [-0.1, -0.05) is 36.4 Å². The number of alkyl halides is 3. The Morgan fingerprint density at radius 3 is 2.57 bits per heavy atom. The number of rotatable bonds is 6. The van der Waals surface area contributed by atoms with Gasteiger partial charge in [0.25, 0.3) is 10.0 Å². The third-order valence-corrected chi connectivity index (χ3v) is 9.26. The molecule has 1 unspecified atom stereocenters. The second-order valence-electron chi connectivity index (χ2n) is 10.5. The number of aromatic nitrogens is 4. The number of fused-ring (bicyclic) bond motifs is 4. The van der Waals surface area contributed by atoms with Gasteiger partial charge >= 0.3 is 12.1 Å². The molecule has 3 aromatic heterocycles. The van der Waals surface area contributed by atoms with Crippen LogP contribution in [0.15, 0.2) is 90.1 Å². The summed E-state index contributed by atoms with van der Waals surface area (Å²) in [6.07, 6.45) is -3.76. The van der Waals surface area contributed by atoms with Crippen LogP contribution in [0.25, 0.3) is 33.1 Å². The van der Waals surface area contributed by atoms with Crippen molar-refractivity contribution < 1.29 is 35.5 Å². The van der Waals surface area contributed by atoms with E-state index in [1.807, 2.05) is 0 Å². The van der Waals surface area contributed by atoms with E-state index >= 15 is 4.39 Å². The second-order valence-corrected chi connectivity index (χ2v) is 12.3. The van der Waals surface area contributed by atoms with Gasteiger partial charge in [-0.2, -0.15) is 13.2 Å². The molecule has 1 atom stereocenters. The van der Waals surface area contributed by atoms with E-state index in [2.05, 4.69) is 25.6 Å². The topological polar surface area (TPSA) is 131 Å². The summed E-state index contributed by atoms with van der Waals surface area (Å²) < 4.78 is 87.0. The number of esters is 1. The Kier molecular flexibility index (Phi) is 7.01. The van der Waals surface area contributed by atoms with E-state index in [4.69, 9.17) is 4.74 Å². The lowest BCUT2D eigenvalue weighted by atomic mass is 10.0. The molecule has 0 aliphatic carbocycles. The van der Waals surface area contributed by atoms with Gasteiger partial charge in [-0.15, -0.1) is 0 Å². The molecule has 46 heavy (non-hydrogen) atoms. The molecule has 10 nitrogen and oxygen atoms in total. The molecule has 4 heterocycles. The lowest BCUT2D eigenvalue weighted by Crippen LogP contribution is -2.36. The van der Waals surface area contributed by atoms with Crippen molar-refractivity contribution in [1.29, 1.82) is 0 Å². The summed E-state index contributed by atoms with van der Waals surface area (Å²) in [6, 6.07) is 19.5. The van der Waals surface area contributed by atoms with Crippen molar-refractivity contribution in [2.24, 2.45) is 0 Å². The average Bonchev–Trinajstić information content (AvgIpc) is 3.62. The number of hydrogen-bond donors (Lipinski definition) is 3. The van der Waals surface area contributed by atoms with E-state index in [-0.39, 0.29) is 28.6 Å². The highest BCUT2D eigenvalue weighted by Crippen LogP contribution is 2.36. The van der Waals surface area contributed by atoms with Crippen LogP contribution in [-0.2, 0) is 26.0 Å². The number of para-hydroxylation sites is 1. The van der Waals surface area contributed by atoms with E-state index in [9.17, 15) is 26.4 Å². The maximum absolute atomic E-state index is 15.3. The molecule has 3 N–H and O–H groups in total. The van der Waals surface area contributed by atoms with Crippen molar-refractivity contribution in [1.82, 2.24) is 24.2 Å². The largest absolute Gasteiger partial charge is 0.490 e. The fourth-order valence-corrected chi connectivity index (χ4v) is 6.93. The molecule has 0 fully saturated rings. The SMILES string of the molecule is O=C(OC1NCCc2[nH]c3ccc(Nc4ncc(F)c(-c5cn(S(=O)(=O)c6ccccc6)c6ccccc56)n4)cc3c21)C(F)(F)F. The lowest BCUT2D eigenvalue weighted by molar-refractivity contribution is -0.207. The molecule has 0 saturated carbocycles. The van der Waals surface area contributed by atoms with Crippen LogP contribution in [0.1, 0.15) is 17.5 Å². The monoisotopic (exact) mass is 650 g/mol. The fraction of sp³-hybridized carbons (Fsp3) is 0.129. The number of H-pyrrole nitrogens is 1. The Balaban J connectivity index is 1.26. The molecule has 15 heteroatoms. The number of aromatic amines is 1. The van der Waals surface area contributed by atoms with Gasteiger partial charge in [0.2, 0.25) is 5.95 Å². The smallest absolute Gasteiger partial charge is 0.435 e. The van der Waals surface area contributed by atoms with Crippen molar-refractivity contribution in [2.45, 2.75) is 23.7 Å². The number of nitrogens with one attached hydrogen (secondary N) is 3. The Hall–Kier alpha value is -5.28. The van der Waals surface area contributed by atoms with Crippen LogP contribution in [0.4, 0.5) is 29.2 Å². The highest BCUT2D eigenvalue weighted by Gasteiger charge is 2.43. The molecular weight excluding hydrogens is 628 g/mol. The number of hydrogen-bond acceptors (Lipinski definition) is 8. The molecule has 0 saturated heterocycles. The number of nitrogens with zero attached hydrogens (tertiary/aromatic N) is 3. The highest BCUT2D eigenvalue weighted by atomic mass is 32.2. The molecule has 0 bridgehead atoms. The van der Waals surface area contributed by atoms with Gasteiger partial charge in [0.1, 0.15) is 5.69 Å². The Bertz CT molecular complexity index is 2250. The molecule has 3 aromatic carbocycles. The van der Waals surface area contributed by atoms with Crippen molar-refractivity contribution in [3.05, 3.63) is 102 Å². The molecule has 1 aliphatic rings. The van der Waals surface area contributed by atoms with Gasteiger partial charge in [-0.05, 0) is 36.4 Å². The number of ether oxygens (including phenoxy) is 1. The van der Waals surface area contributed by atoms with E-state index in [1.165, 1.54) is 18.3 Å². The van der Waals surface area contributed by atoms with Crippen LogP contribution < -0.4 is 10.6 Å². The molecule has 234 valence electrons. The number of carbonyl (C=O) groups is 1. The van der Waals surface area contributed by atoms with Crippen LogP contribution in [0.3, 0.4) is 0 Å². The van der Waals surface area contributed by atoms with Gasteiger partial charge in [-0.3, -0.25) is 5.32 Å². The molecule has 0 amide bonds. The molecule has 7 rings (SSSR count). The fourth-order valence-electron chi connectivity index (χ4n) is 5.54. The van der Waals surface area contributed by atoms with E-state index < -0.39 is 34.2 Å². The minimum Gasteiger partial charge on any atom is -0.435 e. The predicted molar refractivity (Wildman–Crippen MR) is 160 cm³/mol. The second kappa shape index (κ2) is 11.0. The van der Waals surface area contributed by atoms with Gasteiger partial charge in [-0.25, -0.2) is 31.5 Å². The van der Waals surface area contributed by atoms with Crippen molar-refractivity contribution in [3.63, 3.8) is 0 Å². The minimum absolute atomic E-state index is 0.0268. The van der Waals surface area contributed by atoms with E-state index in [1.54, 1.807) is 60.7 Å². The third kappa shape index (κ3) is 5.12. The molecule has 6 aromatic rings. The quantitative estimate of drug-likeness (QED) is 0.149. The number of anilines is 2. The standard InChI is InChI=1S/C31H22F4N6O4S/c32-22-15-37-30(38-17-10-11-23-20(14-17)26-24(39-23)12-13-36-28(26)45-29(42)31(33,34)35)40-27(22)21-16-41(25-9-5-4-8-19(21)25)46(43,44)18-6-2-1-3-7-18/h1-11,14-16,28,36,39H,12-13H2,(H,37,38,40). The van der Waals surface area contributed by atoms with Crippen LogP contribution in [-0.4, -0.2) is 46.0 Å². The normalized spacial score (nSPS) is 15.2. The summed E-state index contributed by atoms with van der Waals surface area (Å²) in [4.78, 5) is 23.2. The zero-order valence-corrected chi connectivity index (χ0v) is 24.3. The first-order valence-corrected chi connectivity index (χ1v) is 15.3. The maximum atomic E-state index is 15.3. The first-order valence-electron chi connectivity index (χ1n) is 13.9. The summed E-state index contributed by atoms with van der Waals surface area (Å²) in [6.45, 7) is 0.288. The predicted octanol–water partition coefficient (Wildman–Crippen LogP) is 5.95. The minimum atomic E-state index is -5.16. The van der Waals surface area contributed by atoms with Crippen LogP contribution in [0.2, 0.25) is 0 Å². The summed E-state index contributed by atoms with van der Waals surface area (Å²) in [5.74, 6) is -3.13.